The Morgan fingerprint density at radius 2 is 2.04 bits per heavy atom. The van der Waals surface area contributed by atoms with Crippen LogP contribution >= 0.6 is 0 Å². The molecule has 0 aliphatic carbocycles. The van der Waals surface area contributed by atoms with Crippen molar-refractivity contribution in [3.8, 4) is 0 Å². The lowest BCUT2D eigenvalue weighted by Crippen LogP contribution is -2.39. The molecule has 0 spiro atoms. The molecule has 25 heavy (non-hydrogen) atoms. The molecule has 0 radical (unpaired) electrons. The number of nitrogens with zero attached hydrogens (tertiary/aromatic N) is 4. The molecular formula is C19H24N4O2. The molecule has 132 valence electrons. The van der Waals surface area contributed by atoms with Crippen molar-refractivity contribution >= 4 is 28.4 Å². The van der Waals surface area contributed by atoms with Crippen LogP contribution in [0.3, 0.4) is 0 Å². The number of fused-ring (bicyclic) bond motifs is 1. The van der Waals surface area contributed by atoms with Crippen LogP contribution in [0.25, 0.3) is 10.9 Å². The van der Waals surface area contributed by atoms with Gasteiger partial charge >= 0.3 is 5.97 Å². The predicted molar refractivity (Wildman–Crippen MR) is 98.1 cm³/mol. The molecule has 1 N–H and O–H groups in total. The van der Waals surface area contributed by atoms with Gasteiger partial charge in [-0.2, -0.15) is 0 Å². The van der Waals surface area contributed by atoms with Crippen molar-refractivity contribution in [2.24, 2.45) is 11.8 Å². The smallest absolute Gasteiger partial charge is 0.308 e. The monoisotopic (exact) mass is 340 g/mol. The van der Waals surface area contributed by atoms with Gasteiger partial charge in [0.05, 0.1) is 16.8 Å². The summed E-state index contributed by atoms with van der Waals surface area (Å²) in [5.74, 6) is 0.537. The van der Waals surface area contributed by atoms with Crippen molar-refractivity contribution in [2.45, 2.75) is 26.2 Å². The van der Waals surface area contributed by atoms with Crippen LogP contribution in [0.1, 0.15) is 26.2 Å². The maximum Gasteiger partial charge on any atom is 0.308 e. The first-order valence-electron chi connectivity index (χ1n) is 9.10. The van der Waals surface area contributed by atoms with Crippen LogP contribution in [0, 0.1) is 11.8 Å². The SMILES string of the molecule is CC1CCN(c2cccc3ncnc(N4CCCC(C(=O)O)C4)c23)C1. The number of aliphatic carboxylic acids is 1. The molecule has 0 amide bonds. The number of rotatable bonds is 3. The van der Waals surface area contributed by atoms with E-state index in [4.69, 9.17) is 0 Å². The Morgan fingerprint density at radius 3 is 2.80 bits per heavy atom. The van der Waals surface area contributed by atoms with E-state index in [1.165, 1.54) is 12.1 Å². The second-order valence-corrected chi connectivity index (χ2v) is 7.33. The van der Waals surface area contributed by atoms with Crippen LogP contribution < -0.4 is 9.80 Å². The van der Waals surface area contributed by atoms with Crippen LogP contribution in [0.4, 0.5) is 11.5 Å². The second-order valence-electron chi connectivity index (χ2n) is 7.33. The molecule has 2 unspecified atom stereocenters. The minimum absolute atomic E-state index is 0.322. The number of carboxylic acid groups (broad SMARTS) is 1. The molecule has 6 nitrogen and oxygen atoms in total. The van der Waals surface area contributed by atoms with Crippen LogP contribution in [0.15, 0.2) is 24.5 Å². The zero-order valence-corrected chi connectivity index (χ0v) is 14.6. The molecule has 4 rings (SSSR count). The first-order chi connectivity index (χ1) is 12.1. The van der Waals surface area contributed by atoms with E-state index in [1.54, 1.807) is 6.33 Å². The van der Waals surface area contributed by atoms with E-state index in [0.717, 1.165) is 49.2 Å². The Morgan fingerprint density at radius 1 is 1.16 bits per heavy atom. The number of anilines is 2. The number of hydrogen-bond donors (Lipinski definition) is 1. The molecule has 0 bridgehead atoms. The fourth-order valence-electron chi connectivity index (χ4n) is 4.10. The molecule has 1 aromatic heterocycles. The molecular weight excluding hydrogens is 316 g/mol. The average Bonchev–Trinajstić information content (AvgIpc) is 3.07. The maximum absolute atomic E-state index is 11.4. The van der Waals surface area contributed by atoms with E-state index in [0.29, 0.717) is 12.5 Å². The lowest BCUT2D eigenvalue weighted by Gasteiger charge is -2.33. The van der Waals surface area contributed by atoms with Crippen molar-refractivity contribution in [3.63, 3.8) is 0 Å². The number of carbonyl (C=O) groups is 1. The fourth-order valence-corrected chi connectivity index (χ4v) is 4.10. The van der Waals surface area contributed by atoms with E-state index in [-0.39, 0.29) is 5.92 Å². The summed E-state index contributed by atoms with van der Waals surface area (Å²) in [5.41, 5.74) is 2.11. The van der Waals surface area contributed by atoms with Crippen molar-refractivity contribution < 1.29 is 9.90 Å². The van der Waals surface area contributed by atoms with Gasteiger partial charge < -0.3 is 14.9 Å². The van der Waals surface area contributed by atoms with Gasteiger partial charge in [-0.15, -0.1) is 0 Å². The lowest BCUT2D eigenvalue weighted by atomic mass is 9.98. The van der Waals surface area contributed by atoms with Gasteiger partial charge in [0.25, 0.3) is 0 Å². The number of aromatic nitrogens is 2. The summed E-state index contributed by atoms with van der Waals surface area (Å²) < 4.78 is 0. The first-order valence-corrected chi connectivity index (χ1v) is 9.10. The highest BCUT2D eigenvalue weighted by Gasteiger charge is 2.29. The van der Waals surface area contributed by atoms with Crippen molar-refractivity contribution in [2.75, 3.05) is 36.0 Å². The van der Waals surface area contributed by atoms with Gasteiger partial charge in [0, 0.05) is 31.9 Å². The zero-order valence-electron chi connectivity index (χ0n) is 14.6. The lowest BCUT2D eigenvalue weighted by molar-refractivity contribution is -0.141. The van der Waals surface area contributed by atoms with E-state index < -0.39 is 5.97 Å². The van der Waals surface area contributed by atoms with Gasteiger partial charge in [-0.25, -0.2) is 9.97 Å². The Balaban J connectivity index is 1.77. The number of carboxylic acids is 1. The highest BCUT2D eigenvalue weighted by atomic mass is 16.4. The molecule has 2 saturated heterocycles. The van der Waals surface area contributed by atoms with Crippen LogP contribution in [0.5, 0.6) is 0 Å². The molecule has 2 fully saturated rings. The van der Waals surface area contributed by atoms with Crippen LogP contribution in [0.2, 0.25) is 0 Å². The molecule has 1 aromatic carbocycles. The first kappa shape index (κ1) is 16.1. The Labute approximate surface area is 147 Å². The highest BCUT2D eigenvalue weighted by molar-refractivity contribution is 6.00. The van der Waals surface area contributed by atoms with Gasteiger partial charge in [-0.05, 0) is 37.3 Å². The number of piperidine rings is 1. The average molecular weight is 340 g/mol. The third-order valence-electron chi connectivity index (χ3n) is 5.46. The van der Waals surface area contributed by atoms with Gasteiger partial charge in [-0.1, -0.05) is 13.0 Å². The Hall–Kier alpha value is -2.37. The Kier molecular flexibility index (Phi) is 4.19. The normalized spacial score (nSPS) is 24.0. The largest absolute Gasteiger partial charge is 0.481 e. The molecule has 2 aromatic rings. The summed E-state index contributed by atoms with van der Waals surface area (Å²) in [4.78, 5) is 25.0. The molecule has 0 saturated carbocycles. The third-order valence-corrected chi connectivity index (χ3v) is 5.46. The standard InChI is InChI=1S/C19H24N4O2/c1-13-7-9-22(10-13)16-6-2-5-15-17(16)18(21-12-20-15)23-8-3-4-14(11-23)19(24)25/h2,5-6,12-14H,3-4,7-11H2,1H3,(H,24,25). The summed E-state index contributed by atoms with van der Waals surface area (Å²) in [7, 11) is 0. The fraction of sp³-hybridized carbons (Fsp3) is 0.526. The highest BCUT2D eigenvalue weighted by Crippen LogP contribution is 2.36. The van der Waals surface area contributed by atoms with E-state index in [9.17, 15) is 9.90 Å². The van der Waals surface area contributed by atoms with E-state index in [2.05, 4.69) is 32.8 Å². The van der Waals surface area contributed by atoms with Crippen molar-refractivity contribution in [1.82, 2.24) is 9.97 Å². The molecule has 2 aliphatic heterocycles. The topological polar surface area (TPSA) is 69.6 Å². The quantitative estimate of drug-likeness (QED) is 0.926. The minimum atomic E-state index is -0.711. The maximum atomic E-state index is 11.4. The second kappa shape index (κ2) is 6.50. The van der Waals surface area contributed by atoms with Gasteiger partial charge in [0.2, 0.25) is 0 Å². The minimum Gasteiger partial charge on any atom is -0.481 e. The number of benzene rings is 1. The van der Waals surface area contributed by atoms with E-state index >= 15 is 0 Å². The molecule has 2 aliphatic rings. The molecule has 3 heterocycles. The van der Waals surface area contributed by atoms with Crippen LogP contribution in [-0.2, 0) is 4.79 Å². The van der Waals surface area contributed by atoms with Crippen LogP contribution in [-0.4, -0.2) is 47.2 Å². The summed E-state index contributed by atoms with van der Waals surface area (Å²) in [6.07, 6.45) is 4.42. The van der Waals surface area contributed by atoms with E-state index in [1.807, 2.05) is 12.1 Å². The molecule has 2 atom stereocenters. The summed E-state index contributed by atoms with van der Waals surface area (Å²) >= 11 is 0. The third kappa shape index (κ3) is 3.01. The summed E-state index contributed by atoms with van der Waals surface area (Å²) in [5, 5.41) is 10.5. The molecule has 6 heteroatoms. The summed E-state index contributed by atoms with van der Waals surface area (Å²) in [6.45, 7) is 5.75. The predicted octanol–water partition coefficient (Wildman–Crippen LogP) is 2.78. The van der Waals surface area contributed by atoms with Gasteiger partial charge in [0.1, 0.15) is 12.1 Å². The van der Waals surface area contributed by atoms with Gasteiger partial charge in [0.15, 0.2) is 0 Å². The zero-order chi connectivity index (χ0) is 17.4. The summed E-state index contributed by atoms with van der Waals surface area (Å²) in [6, 6.07) is 6.21. The number of hydrogen-bond acceptors (Lipinski definition) is 5. The van der Waals surface area contributed by atoms with Gasteiger partial charge in [-0.3, -0.25) is 4.79 Å². The van der Waals surface area contributed by atoms with Crippen molar-refractivity contribution in [1.29, 1.82) is 0 Å². The van der Waals surface area contributed by atoms with Crippen molar-refractivity contribution in [3.05, 3.63) is 24.5 Å². The Bertz CT molecular complexity index is 789.